The Morgan fingerprint density at radius 2 is 1.90 bits per heavy atom. The van der Waals surface area contributed by atoms with Crippen LogP contribution in [0.15, 0.2) is 0 Å². The summed E-state index contributed by atoms with van der Waals surface area (Å²) in [5.41, 5.74) is 0. The normalized spacial score (nSPS) is 13.7. The summed E-state index contributed by atoms with van der Waals surface area (Å²) >= 11 is 0. The minimum atomic E-state index is -0.399. The van der Waals surface area contributed by atoms with E-state index in [-0.39, 0.29) is 22.7 Å². The first-order chi connectivity index (χ1) is 4.70. The Hall–Kier alpha value is -0.130. The SMILES string of the molecule is CC(=O)CCC(P=O)P=O. The van der Waals surface area contributed by atoms with Crippen LogP contribution in [0.3, 0.4) is 0 Å². The van der Waals surface area contributed by atoms with Crippen LogP contribution in [0.2, 0.25) is 0 Å². The van der Waals surface area contributed by atoms with Crippen molar-refractivity contribution in [2.75, 3.05) is 0 Å². The van der Waals surface area contributed by atoms with Crippen molar-refractivity contribution in [1.29, 1.82) is 0 Å². The average Bonchev–Trinajstić information content (AvgIpc) is 1.90. The molecule has 3 nitrogen and oxygen atoms in total. The van der Waals surface area contributed by atoms with Gasteiger partial charge in [-0.25, -0.2) is 0 Å². The number of hydrogen-bond donors (Lipinski definition) is 0. The van der Waals surface area contributed by atoms with Crippen LogP contribution in [0.4, 0.5) is 0 Å². The van der Waals surface area contributed by atoms with Gasteiger partial charge in [-0.15, -0.1) is 0 Å². The zero-order valence-corrected chi connectivity index (χ0v) is 7.40. The van der Waals surface area contributed by atoms with Gasteiger partial charge in [0, 0.05) is 6.42 Å². The third-order valence-electron chi connectivity index (χ3n) is 0.998. The van der Waals surface area contributed by atoms with Crippen LogP contribution in [0.5, 0.6) is 0 Å². The Kier molecular flexibility index (Phi) is 5.57. The fourth-order valence-corrected chi connectivity index (χ4v) is 1.08. The Bertz CT molecular complexity index is 138. The predicted octanol–water partition coefficient (Wildman–Crippen LogP) is 2.27. The molecule has 0 aliphatic rings. The van der Waals surface area contributed by atoms with Crippen LogP contribution < -0.4 is 0 Å². The lowest BCUT2D eigenvalue weighted by Crippen LogP contribution is -1.94. The van der Waals surface area contributed by atoms with Crippen LogP contribution in [0, 0.1) is 0 Å². The van der Waals surface area contributed by atoms with Crippen LogP contribution >= 0.6 is 16.9 Å². The molecule has 0 unspecified atom stereocenters. The van der Waals surface area contributed by atoms with E-state index in [2.05, 4.69) is 0 Å². The molecule has 5 heteroatoms. The van der Waals surface area contributed by atoms with E-state index < -0.39 is 5.40 Å². The van der Waals surface area contributed by atoms with Crippen LogP contribution in [0.25, 0.3) is 0 Å². The third-order valence-corrected chi connectivity index (χ3v) is 2.57. The molecule has 0 saturated carbocycles. The van der Waals surface area contributed by atoms with E-state index in [1.54, 1.807) is 0 Å². The first kappa shape index (κ1) is 9.87. The van der Waals surface area contributed by atoms with Crippen molar-refractivity contribution in [2.45, 2.75) is 25.2 Å². The summed E-state index contributed by atoms with van der Waals surface area (Å²) in [5.74, 6) is 0.0392. The summed E-state index contributed by atoms with van der Waals surface area (Å²) in [4.78, 5) is 10.4. The van der Waals surface area contributed by atoms with Gasteiger partial charge < -0.3 is 4.79 Å². The van der Waals surface area contributed by atoms with Crippen molar-refractivity contribution in [2.24, 2.45) is 0 Å². The van der Waals surface area contributed by atoms with Gasteiger partial charge in [0.25, 0.3) is 0 Å². The molecule has 10 heavy (non-hydrogen) atoms. The van der Waals surface area contributed by atoms with E-state index in [0.717, 1.165) is 0 Å². The topological polar surface area (TPSA) is 51.2 Å². The van der Waals surface area contributed by atoms with Crippen molar-refractivity contribution in [3.05, 3.63) is 0 Å². The zero-order chi connectivity index (χ0) is 7.98. The van der Waals surface area contributed by atoms with Gasteiger partial charge in [0.2, 0.25) is 0 Å². The highest BCUT2D eigenvalue weighted by atomic mass is 31.1. The van der Waals surface area contributed by atoms with Crippen molar-refractivity contribution in [3.8, 4) is 0 Å². The van der Waals surface area contributed by atoms with Gasteiger partial charge in [-0.05, 0) is 13.3 Å². The van der Waals surface area contributed by atoms with E-state index in [4.69, 9.17) is 0 Å². The molecule has 0 aromatic carbocycles. The maximum Gasteiger partial charge on any atom is 0.171 e. The Morgan fingerprint density at radius 1 is 1.40 bits per heavy atom. The fourth-order valence-electron chi connectivity index (χ4n) is 0.457. The van der Waals surface area contributed by atoms with Crippen molar-refractivity contribution in [3.63, 3.8) is 0 Å². The Morgan fingerprint density at radius 3 is 2.20 bits per heavy atom. The second-order valence-corrected chi connectivity index (χ2v) is 4.01. The van der Waals surface area contributed by atoms with Crippen LogP contribution in [-0.2, 0) is 13.9 Å². The molecule has 0 aliphatic carbocycles. The van der Waals surface area contributed by atoms with Crippen molar-refractivity contribution < 1.29 is 13.9 Å². The second-order valence-electron chi connectivity index (χ2n) is 1.93. The van der Waals surface area contributed by atoms with E-state index in [1.165, 1.54) is 6.92 Å². The van der Waals surface area contributed by atoms with Crippen LogP contribution in [0.1, 0.15) is 19.8 Å². The number of ketones is 1. The summed E-state index contributed by atoms with van der Waals surface area (Å²) in [5, 5.41) is -0.399. The van der Waals surface area contributed by atoms with E-state index in [1.807, 2.05) is 0 Å². The monoisotopic (exact) mass is 178 g/mol. The standard InChI is InChI=1S/C5H8O3P2/c1-4(6)2-3-5(9-7)10-8/h5H,2-3H2,1H3. The fraction of sp³-hybridized carbons (Fsp3) is 0.800. The molecule has 0 rings (SSSR count). The highest BCUT2D eigenvalue weighted by Gasteiger charge is 2.08. The Balaban J connectivity index is 3.54. The summed E-state index contributed by atoms with van der Waals surface area (Å²) in [6, 6.07) is 0. The third kappa shape index (κ3) is 4.72. The van der Waals surface area contributed by atoms with E-state index in [9.17, 15) is 13.9 Å². The summed E-state index contributed by atoms with van der Waals surface area (Å²) in [6.07, 6.45) is 0.792. The number of hydrogen-bond acceptors (Lipinski definition) is 3. The number of carbonyl (C=O) groups is 1. The molecule has 0 aromatic heterocycles. The van der Waals surface area contributed by atoms with Gasteiger partial charge in [-0.1, -0.05) is 0 Å². The summed E-state index contributed by atoms with van der Waals surface area (Å²) < 4.78 is 20.3. The summed E-state index contributed by atoms with van der Waals surface area (Å²) in [7, 11) is -0.294. The molecule has 0 saturated heterocycles. The van der Waals surface area contributed by atoms with Crippen LogP contribution in [-0.4, -0.2) is 11.2 Å². The molecule has 0 N–H and O–H groups in total. The van der Waals surface area contributed by atoms with Gasteiger partial charge in [-0.3, -0.25) is 9.13 Å². The highest BCUT2D eigenvalue weighted by molar-refractivity contribution is 7.44. The minimum absolute atomic E-state index is 0.0392. The molecule has 0 bridgehead atoms. The van der Waals surface area contributed by atoms with E-state index >= 15 is 0 Å². The molecule has 0 amide bonds. The Labute approximate surface area is 62.6 Å². The predicted molar refractivity (Wildman–Crippen MR) is 38.9 cm³/mol. The average molecular weight is 178 g/mol. The summed E-state index contributed by atoms with van der Waals surface area (Å²) in [6.45, 7) is 1.46. The van der Waals surface area contributed by atoms with Gasteiger partial charge in [0.15, 0.2) is 16.9 Å². The number of Topliss-reactive ketones (excluding diaryl/α,β-unsaturated/α-hetero) is 1. The number of rotatable bonds is 5. The van der Waals surface area contributed by atoms with Crippen molar-refractivity contribution in [1.82, 2.24) is 0 Å². The lowest BCUT2D eigenvalue weighted by Gasteiger charge is -1.94. The largest absolute Gasteiger partial charge is 0.300 e. The molecule has 56 valence electrons. The first-order valence-electron chi connectivity index (χ1n) is 2.85. The van der Waals surface area contributed by atoms with Gasteiger partial charge >= 0.3 is 0 Å². The first-order valence-corrected chi connectivity index (χ1v) is 4.61. The maximum absolute atomic E-state index is 10.4. The lowest BCUT2D eigenvalue weighted by atomic mass is 10.2. The van der Waals surface area contributed by atoms with E-state index in [0.29, 0.717) is 12.8 Å². The van der Waals surface area contributed by atoms with Gasteiger partial charge in [-0.2, -0.15) is 0 Å². The lowest BCUT2D eigenvalue weighted by molar-refractivity contribution is -0.117. The molecule has 0 aliphatic heterocycles. The minimum Gasteiger partial charge on any atom is -0.300 e. The molecule has 0 radical (unpaired) electrons. The molecule has 0 heterocycles. The second kappa shape index (κ2) is 5.64. The molecule has 0 fully saturated rings. The number of carbonyl (C=O) groups excluding carboxylic acids is 1. The molecule has 0 aromatic rings. The smallest absolute Gasteiger partial charge is 0.171 e. The van der Waals surface area contributed by atoms with Gasteiger partial charge in [0.05, 0.1) is 0 Å². The molecule has 0 spiro atoms. The molecule has 0 atom stereocenters. The highest BCUT2D eigenvalue weighted by Crippen LogP contribution is 2.23. The van der Waals surface area contributed by atoms with Crippen molar-refractivity contribution >= 4 is 22.7 Å². The maximum atomic E-state index is 10.4. The quantitative estimate of drug-likeness (QED) is 0.606. The van der Waals surface area contributed by atoms with Gasteiger partial charge in [0.1, 0.15) is 11.2 Å². The zero-order valence-electron chi connectivity index (χ0n) is 5.61. The molecular formula is C5H8O3P2. The molecular weight excluding hydrogens is 170 g/mol.